The molecule has 3 rings (SSSR count). The highest BCUT2D eigenvalue weighted by atomic mass is 19.4. The number of carbonyl (C=O) groups excluding carboxylic acids is 1. The molecule has 1 amide bonds. The van der Waals surface area contributed by atoms with Crippen LogP contribution in [0.1, 0.15) is 39.8 Å². The van der Waals surface area contributed by atoms with Gasteiger partial charge in [-0.05, 0) is 18.1 Å². The summed E-state index contributed by atoms with van der Waals surface area (Å²) in [6.07, 6.45) is -1.54. The van der Waals surface area contributed by atoms with E-state index >= 15 is 0 Å². The molecule has 1 aliphatic rings. The monoisotopic (exact) mass is 352 g/mol. The zero-order valence-electron chi connectivity index (χ0n) is 13.5. The predicted octanol–water partition coefficient (Wildman–Crippen LogP) is 2.32. The number of carbonyl (C=O) groups is 1. The number of nitrogens with two attached hydrogens (primary N) is 1. The quantitative estimate of drug-likeness (QED) is 0.887. The first-order valence-electron chi connectivity index (χ1n) is 8.10. The van der Waals surface area contributed by atoms with Crippen LogP contribution in [0, 0.1) is 0 Å². The molecule has 134 valence electrons. The van der Waals surface area contributed by atoms with E-state index in [9.17, 15) is 18.0 Å². The number of hydrogen-bond donors (Lipinski definition) is 2. The van der Waals surface area contributed by atoms with Gasteiger partial charge in [-0.15, -0.1) is 0 Å². The lowest BCUT2D eigenvalue weighted by Crippen LogP contribution is -2.32. The van der Waals surface area contributed by atoms with Crippen molar-refractivity contribution in [2.45, 2.75) is 31.5 Å². The molecule has 3 N–H and O–H groups in total. The van der Waals surface area contributed by atoms with E-state index in [1.54, 1.807) is 10.6 Å². The fraction of sp³-hybridized carbons (Fsp3) is 0.412. The second-order valence-corrected chi connectivity index (χ2v) is 6.07. The number of aryl methyl sites for hydroxylation is 1. The van der Waals surface area contributed by atoms with Gasteiger partial charge in [0.15, 0.2) is 0 Å². The van der Waals surface area contributed by atoms with Crippen molar-refractivity contribution in [1.82, 2.24) is 14.9 Å². The molecule has 25 heavy (non-hydrogen) atoms. The number of hydrogen-bond acceptors (Lipinski definition) is 3. The van der Waals surface area contributed by atoms with E-state index in [0.717, 1.165) is 11.9 Å². The van der Waals surface area contributed by atoms with E-state index in [-0.39, 0.29) is 11.8 Å². The predicted molar refractivity (Wildman–Crippen MR) is 86.1 cm³/mol. The van der Waals surface area contributed by atoms with E-state index < -0.39 is 11.7 Å². The Kier molecular flexibility index (Phi) is 4.80. The molecular weight excluding hydrogens is 333 g/mol. The van der Waals surface area contributed by atoms with Crippen molar-refractivity contribution in [3.8, 4) is 0 Å². The topological polar surface area (TPSA) is 72.9 Å². The summed E-state index contributed by atoms with van der Waals surface area (Å²) in [5.41, 5.74) is 5.78. The summed E-state index contributed by atoms with van der Waals surface area (Å²) in [7, 11) is 0. The van der Waals surface area contributed by atoms with Gasteiger partial charge < -0.3 is 15.6 Å². The van der Waals surface area contributed by atoms with Gasteiger partial charge in [0.2, 0.25) is 0 Å². The van der Waals surface area contributed by atoms with Crippen LogP contribution in [-0.2, 0) is 19.1 Å². The number of alkyl halides is 3. The van der Waals surface area contributed by atoms with Gasteiger partial charge >= 0.3 is 6.18 Å². The third-order valence-electron chi connectivity index (χ3n) is 4.41. The van der Waals surface area contributed by atoms with E-state index in [1.165, 1.54) is 18.3 Å². The molecule has 0 aliphatic carbocycles. The first-order valence-corrected chi connectivity index (χ1v) is 8.10. The first-order chi connectivity index (χ1) is 11.9. The van der Waals surface area contributed by atoms with Crippen molar-refractivity contribution in [1.29, 1.82) is 0 Å². The number of aromatic nitrogens is 2. The number of benzene rings is 1. The standard InChI is InChI=1S/C17H19F3N4O/c18-17(19,20)13-3-1-2-11(8-13)12-4-5-15-23-9-14(24(15)10-12)16(25)22-7-6-21/h1-3,8-9,12H,4-7,10,21H2,(H,22,25). The van der Waals surface area contributed by atoms with Crippen LogP contribution in [-0.4, -0.2) is 28.5 Å². The minimum atomic E-state index is -4.36. The summed E-state index contributed by atoms with van der Waals surface area (Å²) in [4.78, 5) is 16.5. The molecule has 0 bridgehead atoms. The lowest BCUT2D eigenvalue weighted by Gasteiger charge is -2.26. The lowest BCUT2D eigenvalue weighted by molar-refractivity contribution is -0.137. The molecule has 1 aliphatic heterocycles. The van der Waals surface area contributed by atoms with Crippen molar-refractivity contribution < 1.29 is 18.0 Å². The van der Waals surface area contributed by atoms with Gasteiger partial charge in [-0.1, -0.05) is 18.2 Å². The van der Waals surface area contributed by atoms with E-state index in [1.807, 2.05) is 0 Å². The van der Waals surface area contributed by atoms with Crippen LogP contribution < -0.4 is 11.1 Å². The van der Waals surface area contributed by atoms with Gasteiger partial charge in [-0.25, -0.2) is 4.98 Å². The molecule has 0 radical (unpaired) electrons. The number of halogens is 3. The maximum atomic E-state index is 12.9. The lowest BCUT2D eigenvalue weighted by atomic mass is 9.90. The smallest absolute Gasteiger partial charge is 0.349 e. The SMILES string of the molecule is NCCNC(=O)c1cnc2n1CC(c1cccc(C(F)(F)F)c1)CC2. The van der Waals surface area contributed by atoms with Gasteiger partial charge in [0.05, 0.1) is 11.8 Å². The molecule has 2 aromatic rings. The highest BCUT2D eigenvalue weighted by Crippen LogP contribution is 2.34. The molecule has 0 saturated heterocycles. The summed E-state index contributed by atoms with van der Waals surface area (Å²) >= 11 is 0. The number of rotatable bonds is 4. The summed E-state index contributed by atoms with van der Waals surface area (Å²) in [6.45, 7) is 1.12. The van der Waals surface area contributed by atoms with Crippen LogP contribution >= 0.6 is 0 Å². The zero-order valence-corrected chi connectivity index (χ0v) is 13.5. The minimum Gasteiger partial charge on any atom is -0.349 e. The van der Waals surface area contributed by atoms with Gasteiger partial charge in [0, 0.05) is 32.0 Å². The Morgan fingerprint density at radius 1 is 1.40 bits per heavy atom. The minimum absolute atomic E-state index is 0.0925. The molecule has 1 aromatic heterocycles. The first kappa shape index (κ1) is 17.5. The van der Waals surface area contributed by atoms with Crippen LogP contribution in [0.4, 0.5) is 13.2 Å². The normalized spacial score (nSPS) is 17.2. The Balaban J connectivity index is 1.84. The van der Waals surface area contributed by atoms with Crippen LogP contribution in [0.15, 0.2) is 30.5 Å². The average Bonchev–Trinajstić information content (AvgIpc) is 3.02. The molecule has 1 unspecified atom stereocenters. The maximum absolute atomic E-state index is 12.9. The molecule has 8 heteroatoms. The number of fused-ring (bicyclic) bond motifs is 1. The zero-order chi connectivity index (χ0) is 18.0. The van der Waals surface area contributed by atoms with Gasteiger partial charge in [0.1, 0.15) is 11.5 Å². The molecular formula is C17H19F3N4O. The summed E-state index contributed by atoms with van der Waals surface area (Å²) in [5, 5.41) is 2.69. The van der Waals surface area contributed by atoms with Crippen LogP contribution in [0.25, 0.3) is 0 Å². The number of amides is 1. The Hall–Kier alpha value is -2.35. The van der Waals surface area contributed by atoms with Crippen molar-refractivity contribution in [3.63, 3.8) is 0 Å². The van der Waals surface area contributed by atoms with E-state index in [2.05, 4.69) is 10.3 Å². The van der Waals surface area contributed by atoms with Crippen LogP contribution in [0.5, 0.6) is 0 Å². The molecule has 0 spiro atoms. The van der Waals surface area contributed by atoms with Crippen molar-refractivity contribution >= 4 is 5.91 Å². The summed E-state index contributed by atoms with van der Waals surface area (Å²) in [5.74, 6) is 0.417. The Labute approximate surface area is 143 Å². The van der Waals surface area contributed by atoms with Crippen LogP contribution in [0.2, 0.25) is 0 Å². The summed E-state index contributed by atoms with van der Waals surface area (Å²) < 4.78 is 40.6. The van der Waals surface area contributed by atoms with Crippen molar-refractivity contribution in [2.75, 3.05) is 13.1 Å². The fourth-order valence-corrected chi connectivity index (χ4v) is 3.13. The van der Waals surface area contributed by atoms with E-state index in [4.69, 9.17) is 5.73 Å². The van der Waals surface area contributed by atoms with Gasteiger partial charge in [-0.3, -0.25) is 4.79 Å². The largest absolute Gasteiger partial charge is 0.416 e. The van der Waals surface area contributed by atoms with Crippen molar-refractivity contribution in [2.24, 2.45) is 5.73 Å². The molecule has 0 fully saturated rings. The van der Waals surface area contributed by atoms with Gasteiger partial charge in [0.25, 0.3) is 5.91 Å². The summed E-state index contributed by atoms with van der Waals surface area (Å²) in [6, 6.07) is 5.40. The average molecular weight is 352 g/mol. The molecule has 1 atom stereocenters. The van der Waals surface area contributed by atoms with Crippen LogP contribution in [0.3, 0.4) is 0 Å². The molecule has 5 nitrogen and oxygen atoms in total. The number of imidazole rings is 1. The highest BCUT2D eigenvalue weighted by molar-refractivity contribution is 5.92. The highest BCUT2D eigenvalue weighted by Gasteiger charge is 2.32. The Bertz CT molecular complexity index is 769. The number of nitrogens with zero attached hydrogens (tertiary/aromatic N) is 2. The molecule has 0 saturated carbocycles. The number of nitrogens with one attached hydrogen (secondary N) is 1. The third kappa shape index (κ3) is 3.68. The second-order valence-electron chi connectivity index (χ2n) is 6.07. The fourth-order valence-electron chi connectivity index (χ4n) is 3.13. The van der Waals surface area contributed by atoms with E-state index in [0.29, 0.717) is 43.7 Å². The third-order valence-corrected chi connectivity index (χ3v) is 4.41. The Morgan fingerprint density at radius 3 is 2.92 bits per heavy atom. The molecule has 2 heterocycles. The Morgan fingerprint density at radius 2 is 2.20 bits per heavy atom. The maximum Gasteiger partial charge on any atom is 0.416 e. The van der Waals surface area contributed by atoms with Crippen molar-refractivity contribution in [3.05, 3.63) is 53.1 Å². The second kappa shape index (κ2) is 6.87. The molecule has 1 aromatic carbocycles. The van der Waals surface area contributed by atoms with Gasteiger partial charge in [-0.2, -0.15) is 13.2 Å².